The number of urea groups is 1. The molecule has 158 valence electrons. The summed E-state index contributed by atoms with van der Waals surface area (Å²) in [5.74, 6) is 0.851. The molecule has 0 unspecified atom stereocenters. The normalized spacial score (nSPS) is 16.2. The van der Waals surface area contributed by atoms with Crippen molar-refractivity contribution < 1.29 is 9.59 Å². The highest BCUT2D eigenvalue weighted by Gasteiger charge is 2.23. The summed E-state index contributed by atoms with van der Waals surface area (Å²) in [5, 5.41) is 6.81. The van der Waals surface area contributed by atoms with E-state index in [9.17, 15) is 9.59 Å². The fourth-order valence-electron chi connectivity index (χ4n) is 3.77. The number of anilines is 2. The second-order valence-electron chi connectivity index (χ2n) is 7.53. The minimum atomic E-state index is -0.169. The van der Waals surface area contributed by atoms with Crippen molar-refractivity contribution in [3.63, 3.8) is 0 Å². The number of pyridine rings is 1. The average molecular weight is 426 g/mol. The number of benzene rings is 1. The van der Waals surface area contributed by atoms with Gasteiger partial charge in [0.15, 0.2) is 0 Å². The standard InChI is InChI=1S/C22H27N5O2S/c28-20(23-10-13-26-11-1-2-12-26)16-17-5-7-18(8-6-17)25-22(29)27-14-15-30-21-19(27)4-3-9-24-21/h3-9H,1-2,10-16H2,(H,23,28)(H,25,29). The first kappa shape index (κ1) is 20.7. The van der Waals surface area contributed by atoms with Crippen LogP contribution in [0.2, 0.25) is 0 Å². The van der Waals surface area contributed by atoms with Crippen molar-refractivity contribution >= 4 is 35.1 Å². The first-order valence-corrected chi connectivity index (χ1v) is 11.4. The van der Waals surface area contributed by atoms with Gasteiger partial charge < -0.3 is 15.5 Å². The molecular weight excluding hydrogens is 398 g/mol. The Morgan fingerprint density at radius 2 is 1.87 bits per heavy atom. The maximum absolute atomic E-state index is 12.7. The molecule has 2 N–H and O–H groups in total. The van der Waals surface area contributed by atoms with E-state index >= 15 is 0 Å². The molecule has 0 saturated carbocycles. The Bertz CT molecular complexity index is 883. The number of hydrogen-bond acceptors (Lipinski definition) is 5. The molecule has 30 heavy (non-hydrogen) atoms. The van der Waals surface area contributed by atoms with Gasteiger partial charge in [-0.3, -0.25) is 9.69 Å². The Labute approximate surface area is 181 Å². The topological polar surface area (TPSA) is 77.6 Å². The van der Waals surface area contributed by atoms with Crippen LogP contribution in [0.1, 0.15) is 18.4 Å². The monoisotopic (exact) mass is 425 g/mol. The van der Waals surface area contributed by atoms with Crippen LogP contribution in [0, 0.1) is 0 Å². The van der Waals surface area contributed by atoms with Gasteiger partial charge >= 0.3 is 6.03 Å². The second kappa shape index (κ2) is 9.95. The van der Waals surface area contributed by atoms with E-state index in [1.165, 1.54) is 12.8 Å². The smallest absolute Gasteiger partial charge is 0.326 e. The molecule has 3 amide bonds. The molecule has 1 fully saturated rings. The Kier molecular flexibility index (Phi) is 6.86. The highest BCUT2D eigenvalue weighted by molar-refractivity contribution is 7.99. The molecule has 0 atom stereocenters. The third-order valence-corrected chi connectivity index (χ3v) is 6.33. The fraction of sp³-hybridized carbons (Fsp3) is 0.409. The molecule has 1 saturated heterocycles. The molecule has 1 aromatic heterocycles. The van der Waals surface area contributed by atoms with Crippen LogP contribution in [0.4, 0.5) is 16.2 Å². The number of aromatic nitrogens is 1. The van der Waals surface area contributed by atoms with Crippen LogP contribution in [0.25, 0.3) is 0 Å². The molecule has 3 heterocycles. The Balaban J connectivity index is 1.26. The summed E-state index contributed by atoms with van der Waals surface area (Å²) in [6.45, 7) is 4.54. The van der Waals surface area contributed by atoms with Crippen LogP contribution in [0.15, 0.2) is 47.6 Å². The molecule has 0 radical (unpaired) electrons. The van der Waals surface area contributed by atoms with E-state index in [0.29, 0.717) is 25.2 Å². The quantitative estimate of drug-likeness (QED) is 0.744. The van der Waals surface area contributed by atoms with Crippen molar-refractivity contribution in [1.29, 1.82) is 0 Å². The number of thioether (sulfide) groups is 1. The van der Waals surface area contributed by atoms with E-state index in [4.69, 9.17) is 0 Å². The van der Waals surface area contributed by atoms with Crippen molar-refractivity contribution in [3.8, 4) is 0 Å². The van der Waals surface area contributed by atoms with E-state index in [1.54, 1.807) is 22.9 Å². The van der Waals surface area contributed by atoms with Crippen molar-refractivity contribution in [1.82, 2.24) is 15.2 Å². The number of amides is 3. The van der Waals surface area contributed by atoms with E-state index in [-0.39, 0.29) is 11.9 Å². The number of hydrogen-bond donors (Lipinski definition) is 2. The van der Waals surface area contributed by atoms with Gasteiger partial charge in [-0.25, -0.2) is 9.78 Å². The maximum atomic E-state index is 12.7. The molecule has 4 rings (SSSR count). The van der Waals surface area contributed by atoms with Gasteiger partial charge in [-0.15, -0.1) is 11.8 Å². The van der Waals surface area contributed by atoms with Crippen molar-refractivity contribution in [2.24, 2.45) is 0 Å². The number of nitrogens with one attached hydrogen (secondary N) is 2. The zero-order chi connectivity index (χ0) is 20.8. The largest absolute Gasteiger partial charge is 0.355 e. The Morgan fingerprint density at radius 1 is 1.07 bits per heavy atom. The summed E-state index contributed by atoms with van der Waals surface area (Å²) in [7, 11) is 0. The lowest BCUT2D eigenvalue weighted by atomic mass is 10.1. The molecular formula is C22H27N5O2S. The summed E-state index contributed by atoms with van der Waals surface area (Å²) in [4.78, 5) is 33.3. The van der Waals surface area contributed by atoms with Crippen molar-refractivity contribution in [3.05, 3.63) is 48.2 Å². The predicted octanol–water partition coefficient (Wildman–Crippen LogP) is 2.98. The summed E-state index contributed by atoms with van der Waals surface area (Å²) in [6, 6.07) is 11.0. The summed E-state index contributed by atoms with van der Waals surface area (Å²) in [5.41, 5.74) is 2.48. The SMILES string of the molecule is O=C(Cc1ccc(NC(=O)N2CCSc3ncccc32)cc1)NCCN1CCCC1. The highest BCUT2D eigenvalue weighted by atomic mass is 32.2. The summed E-state index contributed by atoms with van der Waals surface area (Å²) < 4.78 is 0. The maximum Gasteiger partial charge on any atom is 0.326 e. The molecule has 2 aliphatic rings. The number of rotatable bonds is 6. The first-order valence-electron chi connectivity index (χ1n) is 10.4. The van der Waals surface area contributed by atoms with Gasteiger partial charge in [0, 0.05) is 37.3 Å². The Hall–Kier alpha value is -2.58. The van der Waals surface area contributed by atoms with Crippen LogP contribution in [0.3, 0.4) is 0 Å². The van der Waals surface area contributed by atoms with Gasteiger partial charge in [-0.1, -0.05) is 12.1 Å². The zero-order valence-electron chi connectivity index (χ0n) is 17.0. The van der Waals surface area contributed by atoms with Gasteiger partial charge in [0.25, 0.3) is 0 Å². The van der Waals surface area contributed by atoms with Gasteiger partial charge in [-0.2, -0.15) is 0 Å². The third-order valence-electron chi connectivity index (χ3n) is 5.36. The van der Waals surface area contributed by atoms with Crippen LogP contribution in [-0.2, 0) is 11.2 Å². The molecule has 1 aromatic carbocycles. The first-order chi connectivity index (χ1) is 14.7. The minimum Gasteiger partial charge on any atom is -0.355 e. The number of fused-ring (bicyclic) bond motifs is 1. The van der Waals surface area contributed by atoms with E-state index in [2.05, 4.69) is 20.5 Å². The van der Waals surface area contributed by atoms with Crippen LogP contribution < -0.4 is 15.5 Å². The van der Waals surface area contributed by atoms with E-state index < -0.39 is 0 Å². The van der Waals surface area contributed by atoms with Crippen LogP contribution >= 0.6 is 11.8 Å². The van der Waals surface area contributed by atoms with Gasteiger partial charge in [0.05, 0.1) is 12.1 Å². The number of likely N-dealkylation sites (tertiary alicyclic amines) is 1. The fourth-order valence-corrected chi connectivity index (χ4v) is 4.70. The lowest BCUT2D eigenvalue weighted by molar-refractivity contribution is -0.120. The molecule has 0 spiro atoms. The number of carbonyl (C=O) groups is 2. The molecule has 0 bridgehead atoms. The van der Waals surface area contributed by atoms with Crippen molar-refractivity contribution in [2.75, 3.05) is 48.7 Å². The van der Waals surface area contributed by atoms with E-state index in [1.807, 2.05) is 36.4 Å². The average Bonchev–Trinajstić information content (AvgIpc) is 3.28. The summed E-state index contributed by atoms with van der Waals surface area (Å²) >= 11 is 1.66. The minimum absolute atomic E-state index is 0.0286. The van der Waals surface area contributed by atoms with E-state index in [0.717, 1.165) is 41.7 Å². The third kappa shape index (κ3) is 5.31. The van der Waals surface area contributed by atoms with Crippen LogP contribution in [0.5, 0.6) is 0 Å². The molecule has 8 heteroatoms. The van der Waals surface area contributed by atoms with Gasteiger partial charge in [0.2, 0.25) is 5.91 Å². The van der Waals surface area contributed by atoms with Gasteiger partial charge in [-0.05, 0) is 55.8 Å². The predicted molar refractivity (Wildman–Crippen MR) is 120 cm³/mol. The van der Waals surface area contributed by atoms with Gasteiger partial charge in [0.1, 0.15) is 5.03 Å². The number of carbonyl (C=O) groups excluding carboxylic acids is 2. The lowest BCUT2D eigenvalue weighted by Gasteiger charge is -2.28. The molecule has 7 nitrogen and oxygen atoms in total. The lowest BCUT2D eigenvalue weighted by Crippen LogP contribution is -2.38. The highest BCUT2D eigenvalue weighted by Crippen LogP contribution is 2.32. The Morgan fingerprint density at radius 3 is 2.67 bits per heavy atom. The second-order valence-corrected chi connectivity index (χ2v) is 8.61. The zero-order valence-corrected chi connectivity index (χ0v) is 17.8. The molecule has 0 aliphatic carbocycles. The van der Waals surface area contributed by atoms with Crippen LogP contribution in [-0.4, -0.2) is 60.3 Å². The molecule has 2 aliphatic heterocycles. The van der Waals surface area contributed by atoms with Crippen molar-refractivity contribution in [2.45, 2.75) is 24.3 Å². The number of nitrogens with zero attached hydrogens (tertiary/aromatic N) is 3. The molecule has 2 aromatic rings. The summed E-state index contributed by atoms with van der Waals surface area (Å²) in [6.07, 6.45) is 4.61.